The third kappa shape index (κ3) is 2.19. The minimum atomic E-state index is -0.687. The summed E-state index contributed by atoms with van der Waals surface area (Å²) in [6.45, 7) is 0. The van der Waals surface area contributed by atoms with Gasteiger partial charge in [0.1, 0.15) is 0 Å². The molecule has 4 nitrogen and oxygen atoms in total. The highest BCUT2D eigenvalue weighted by Crippen LogP contribution is 2.40. The number of carbonyl (C=O) groups excluding carboxylic acids is 1. The van der Waals surface area contributed by atoms with Gasteiger partial charge in [0, 0.05) is 0 Å². The Bertz CT molecular complexity index is 641. The highest BCUT2D eigenvalue weighted by atomic mass is 32.1. The van der Waals surface area contributed by atoms with Gasteiger partial charge in [-0.1, -0.05) is 48.5 Å². The Labute approximate surface area is 126 Å². The van der Waals surface area contributed by atoms with Crippen LogP contribution in [0.4, 0.5) is 5.13 Å². The van der Waals surface area contributed by atoms with Crippen molar-refractivity contribution >= 4 is 49.8 Å². The molecule has 1 fully saturated rings. The fourth-order valence-corrected chi connectivity index (χ4v) is 3.86. The van der Waals surface area contributed by atoms with E-state index in [0.717, 1.165) is 35.9 Å². The third-order valence-corrected chi connectivity index (χ3v) is 5.22. The summed E-state index contributed by atoms with van der Waals surface area (Å²) in [6.07, 6.45) is 3.45. The smallest absolute Gasteiger partial charge is 0.239 e. The molecule has 20 heavy (non-hydrogen) atoms. The van der Waals surface area contributed by atoms with Gasteiger partial charge in [-0.05, 0) is 25.0 Å². The molecule has 0 aliphatic heterocycles. The summed E-state index contributed by atoms with van der Waals surface area (Å²) >= 11 is 6.59. The molecule has 1 aromatic heterocycles. The molecule has 1 aliphatic rings. The van der Waals surface area contributed by atoms with Crippen LogP contribution in [0.2, 0.25) is 0 Å². The molecule has 1 saturated carbocycles. The normalized spacial score (nSPS) is 17.2. The molecule has 2 aromatic rings. The van der Waals surface area contributed by atoms with Crippen LogP contribution in [-0.2, 0) is 4.79 Å². The van der Waals surface area contributed by atoms with Crippen molar-refractivity contribution in [2.24, 2.45) is 11.1 Å². The first kappa shape index (κ1) is 13.5. The average molecular weight is 305 g/mol. The van der Waals surface area contributed by atoms with Crippen LogP contribution in [0.15, 0.2) is 24.3 Å². The summed E-state index contributed by atoms with van der Waals surface area (Å²) < 4.78 is 1.05. The summed E-state index contributed by atoms with van der Waals surface area (Å²) in [5.74, 6) is -0.110. The Morgan fingerprint density at radius 3 is 2.70 bits per heavy atom. The molecule has 0 unspecified atom stereocenters. The van der Waals surface area contributed by atoms with Crippen LogP contribution in [0.1, 0.15) is 25.7 Å². The molecular weight excluding hydrogens is 290 g/mol. The van der Waals surface area contributed by atoms with Gasteiger partial charge >= 0.3 is 0 Å². The summed E-state index contributed by atoms with van der Waals surface area (Å²) in [4.78, 5) is 17.3. The Kier molecular flexibility index (Phi) is 3.43. The minimum absolute atomic E-state index is 0.110. The van der Waals surface area contributed by atoms with Crippen molar-refractivity contribution in [3.8, 4) is 0 Å². The molecule has 0 atom stereocenters. The SMILES string of the molecule is NC(=S)C1(C(=O)Nc2nc3ccccc3s2)CCCC1. The average Bonchev–Trinajstić information content (AvgIpc) is 3.05. The maximum absolute atomic E-state index is 12.5. The Morgan fingerprint density at radius 2 is 2.05 bits per heavy atom. The molecule has 6 heteroatoms. The number of benzene rings is 1. The van der Waals surface area contributed by atoms with Crippen LogP contribution in [0.25, 0.3) is 10.2 Å². The molecule has 3 rings (SSSR count). The summed E-state index contributed by atoms with van der Waals surface area (Å²) in [7, 11) is 0. The quantitative estimate of drug-likeness (QED) is 0.855. The van der Waals surface area contributed by atoms with E-state index in [9.17, 15) is 4.79 Å². The number of nitrogens with one attached hydrogen (secondary N) is 1. The Balaban J connectivity index is 1.86. The van der Waals surface area contributed by atoms with E-state index in [0.29, 0.717) is 10.1 Å². The van der Waals surface area contributed by atoms with Gasteiger partial charge in [0.05, 0.1) is 20.6 Å². The first-order valence-corrected chi connectivity index (χ1v) is 7.81. The fourth-order valence-electron chi connectivity index (χ4n) is 2.71. The van der Waals surface area contributed by atoms with Crippen LogP contribution in [0, 0.1) is 5.41 Å². The van der Waals surface area contributed by atoms with E-state index >= 15 is 0 Å². The molecule has 0 radical (unpaired) electrons. The number of aromatic nitrogens is 1. The van der Waals surface area contributed by atoms with Gasteiger partial charge in [0.15, 0.2) is 5.13 Å². The predicted octanol–water partition coefficient (Wildman–Crippen LogP) is 3.08. The molecule has 0 bridgehead atoms. The highest BCUT2D eigenvalue weighted by molar-refractivity contribution is 7.80. The largest absolute Gasteiger partial charge is 0.392 e. The molecule has 1 amide bonds. The topological polar surface area (TPSA) is 68.0 Å². The van der Waals surface area contributed by atoms with Crippen molar-refractivity contribution in [3.63, 3.8) is 0 Å². The van der Waals surface area contributed by atoms with E-state index in [-0.39, 0.29) is 5.91 Å². The zero-order chi connectivity index (χ0) is 14.2. The number of thiazole rings is 1. The van der Waals surface area contributed by atoms with Crippen LogP contribution < -0.4 is 11.1 Å². The van der Waals surface area contributed by atoms with Gasteiger partial charge in [0.2, 0.25) is 5.91 Å². The lowest BCUT2D eigenvalue weighted by Crippen LogP contribution is -2.43. The van der Waals surface area contributed by atoms with Crippen molar-refractivity contribution in [3.05, 3.63) is 24.3 Å². The van der Waals surface area contributed by atoms with Crippen LogP contribution in [-0.4, -0.2) is 15.9 Å². The van der Waals surface area contributed by atoms with Crippen molar-refractivity contribution in [2.45, 2.75) is 25.7 Å². The number of nitrogens with zero attached hydrogens (tertiary/aromatic N) is 1. The van der Waals surface area contributed by atoms with Gasteiger partial charge in [-0.15, -0.1) is 0 Å². The van der Waals surface area contributed by atoms with E-state index < -0.39 is 5.41 Å². The first-order chi connectivity index (χ1) is 9.62. The van der Waals surface area contributed by atoms with Gasteiger partial charge in [0.25, 0.3) is 0 Å². The number of amides is 1. The van der Waals surface area contributed by atoms with E-state index in [2.05, 4.69) is 10.3 Å². The van der Waals surface area contributed by atoms with Gasteiger partial charge in [-0.2, -0.15) is 0 Å². The maximum atomic E-state index is 12.5. The number of hydrogen-bond donors (Lipinski definition) is 2. The summed E-state index contributed by atoms with van der Waals surface area (Å²) in [5, 5.41) is 3.51. The third-order valence-electron chi connectivity index (χ3n) is 3.88. The van der Waals surface area contributed by atoms with E-state index in [1.165, 1.54) is 11.3 Å². The fraction of sp³-hybridized carbons (Fsp3) is 0.357. The molecule has 0 saturated heterocycles. The number of rotatable bonds is 3. The predicted molar refractivity (Wildman–Crippen MR) is 85.9 cm³/mol. The molecule has 3 N–H and O–H groups in total. The number of fused-ring (bicyclic) bond motifs is 1. The highest BCUT2D eigenvalue weighted by Gasteiger charge is 2.44. The van der Waals surface area contributed by atoms with Crippen molar-refractivity contribution < 1.29 is 4.79 Å². The maximum Gasteiger partial charge on any atom is 0.239 e. The minimum Gasteiger partial charge on any atom is -0.392 e. The van der Waals surface area contributed by atoms with Gasteiger partial charge in [-0.3, -0.25) is 4.79 Å². The zero-order valence-corrected chi connectivity index (χ0v) is 12.5. The monoisotopic (exact) mass is 305 g/mol. The van der Waals surface area contributed by atoms with Crippen LogP contribution in [0.5, 0.6) is 0 Å². The zero-order valence-electron chi connectivity index (χ0n) is 10.9. The van der Waals surface area contributed by atoms with Crippen molar-refractivity contribution in [2.75, 3.05) is 5.32 Å². The molecule has 1 aromatic carbocycles. The molecule has 1 heterocycles. The molecule has 0 spiro atoms. The number of hydrogen-bond acceptors (Lipinski definition) is 4. The second-order valence-corrected chi connectivity index (χ2v) is 6.56. The number of anilines is 1. The molecular formula is C14H15N3OS2. The van der Waals surface area contributed by atoms with Crippen molar-refractivity contribution in [1.29, 1.82) is 0 Å². The summed E-state index contributed by atoms with van der Waals surface area (Å²) in [5.41, 5.74) is 6.02. The van der Waals surface area contributed by atoms with Crippen LogP contribution in [0.3, 0.4) is 0 Å². The number of carbonyl (C=O) groups is 1. The van der Waals surface area contributed by atoms with Crippen LogP contribution >= 0.6 is 23.6 Å². The Hall–Kier alpha value is -1.53. The second-order valence-electron chi connectivity index (χ2n) is 5.09. The van der Waals surface area contributed by atoms with E-state index in [1.54, 1.807) is 0 Å². The lowest BCUT2D eigenvalue weighted by atomic mass is 9.85. The molecule has 1 aliphatic carbocycles. The number of nitrogens with two attached hydrogens (primary N) is 1. The van der Waals surface area contributed by atoms with E-state index in [4.69, 9.17) is 18.0 Å². The van der Waals surface area contributed by atoms with Gasteiger partial charge < -0.3 is 11.1 Å². The summed E-state index contributed by atoms with van der Waals surface area (Å²) in [6, 6.07) is 7.81. The van der Waals surface area contributed by atoms with Gasteiger partial charge in [-0.25, -0.2) is 4.98 Å². The number of para-hydroxylation sites is 1. The second kappa shape index (κ2) is 5.10. The lowest BCUT2D eigenvalue weighted by molar-refractivity contribution is -0.122. The molecule has 104 valence electrons. The number of thiocarbonyl (C=S) groups is 1. The lowest BCUT2D eigenvalue weighted by Gasteiger charge is -2.25. The standard InChI is InChI=1S/C14H15N3OS2/c15-11(19)14(7-3-4-8-14)12(18)17-13-16-9-5-1-2-6-10(9)20-13/h1-2,5-6H,3-4,7-8H2,(H2,15,19)(H,16,17,18). The van der Waals surface area contributed by atoms with Crippen molar-refractivity contribution in [1.82, 2.24) is 4.98 Å². The van der Waals surface area contributed by atoms with E-state index in [1.807, 2.05) is 24.3 Å². The Morgan fingerprint density at radius 1 is 1.35 bits per heavy atom. The first-order valence-electron chi connectivity index (χ1n) is 6.59.